The summed E-state index contributed by atoms with van der Waals surface area (Å²) in [7, 11) is 0. The van der Waals surface area contributed by atoms with E-state index < -0.39 is 0 Å². The fraction of sp³-hybridized carbons (Fsp3) is 0.250. The molecule has 0 N–H and O–H groups in total. The van der Waals surface area contributed by atoms with Crippen molar-refractivity contribution in [3.63, 3.8) is 0 Å². The quantitative estimate of drug-likeness (QED) is 0.495. The molecule has 0 spiro atoms. The highest BCUT2D eigenvalue weighted by Crippen LogP contribution is 2.25. The number of carbonyl (C=O) groups is 2. The molecule has 0 radical (unpaired) electrons. The minimum absolute atomic E-state index is 0.340. The maximum atomic E-state index is 11.5. The van der Waals surface area contributed by atoms with Crippen LogP contribution in [-0.4, -0.2) is 25.2 Å². The van der Waals surface area contributed by atoms with Crippen LogP contribution in [0.1, 0.15) is 36.1 Å². The van der Waals surface area contributed by atoms with Gasteiger partial charge < -0.3 is 9.47 Å². The van der Waals surface area contributed by atoms with Crippen LogP contribution in [0.3, 0.4) is 0 Å². The van der Waals surface area contributed by atoms with Gasteiger partial charge in [0, 0.05) is 12.2 Å². The molecule has 4 heteroatoms. The molecule has 0 aromatic heterocycles. The molecule has 0 unspecified atom stereocenters. The van der Waals surface area contributed by atoms with Crippen LogP contribution in [0.4, 0.5) is 0 Å². The van der Waals surface area contributed by atoms with Gasteiger partial charge in [0.25, 0.3) is 0 Å². The molecule has 0 aliphatic heterocycles. The molecule has 2 aromatic carbocycles. The standard InChI is InChI=1S/C24H26O4/c1-5-27-23(25)13-11-19-7-9-21(15-17(19)3)22-10-8-20(18(4)16-22)12-14-24(26)28-6-2/h7-16H,5-6H2,1-4H3/b13-11+,14-12+. The molecule has 146 valence electrons. The Hall–Kier alpha value is -3.14. The molecular formula is C24H26O4. The zero-order chi connectivity index (χ0) is 20.5. The monoisotopic (exact) mass is 378 g/mol. The lowest BCUT2D eigenvalue weighted by atomic mass is 9.96. The van der Waals surface area contributed by atoms with Crippen molar-refractivity contribution in [3.8, 4) is 11.1 Å². The molecule has 0 aliphatic rings. The van der Waals surface area contributed by atoms with E-state index in [0.717, 1.165) is 33.4 Å². The average Bonchev–Trinajstić information content (AvgIpc) is 2.66. The topological polar surface area (TPSA) is 52.6 Å². The lowest BCUT2D eigenvalue weighted by Gasteiger charge is -2.09. The van der Waals surface area contributed by atoms with Gasteiger partial charge in [0.05, 0.1) is 13.2 Å². The molecule has 0 amide bonds. The van der Waals surface area contributed by atoms with Crippen LogP contribution in [0.2, 0.25) is 0 Å². The Labute approximate surface area is 166 Å². The van der Waals surface area contributed by atoms with Crippen molar-refractivity contribution in [1.82, 2.24) is 0 Å². The maximum Gasteiger partial charge on any atom is 0.330 e. The highest BCUT2D eigenvalue weighted by Gasteiger charge is 2.04. The Bertz CT molecular complexity index is 831. The van der Waals surface area contributed by atoms with Gasteiger partial charge in [0.1, 0.15) is 0 Å². The van der Waals surface area contributed by atoms with E-state index in [1.54, 1.807) is 26.0 Å². The Morgan fingerprint density at radius 3 is 1.46 bits per heavy atom. The summed E-state index contributed by atoms with van der Waals surface area (Å²) in [5, 5.41) is 0. The van der Waals surface area contributed by atoms with Gasteiger partial charge in [-0.1, -0.05) is 36.4 Å². The smallest absolute Gasteiger partial charge is 0.330 e. The van der Waals surface area contributed by atoms with Crippen molar-refractivity contribution >= 4 is 24.1 Å². The fourth-order valence-corrected chi connectivity index (χ4v) is 2.78. The Morgan fingerprint density at radius 2 is 1.14 bits per heavy atom. The van der Waals surface area contributed by atoms with Crippen molar-refractivity contribution < 1.29 is 19.1 Å². The van der Waals surface area contributed by atoms with E-state index >= 15 is 0 Å². The van der Waals surface area contributed by atoms with Crippen LogP contribution in [-0.2, 0) is 19.1 Å². The van der Waals surface area contributed by atoms with Gasteiger partial charge in [0.2, 0.25) is 0 Å². The molecule has 0 saturated heterocycles. The molecule has 0 saturated carbocycles. The summed E-state index contributed by atoms with van der Waals surface area (Å²) in [6.07, 6.45) is 6.43. The predicted molar refractivity (Wildman–Crippen MR) is 113 cm³/mol. The predicted octanol–water partition coefficient (Wildman–Crippen LogP) is 5.12. The van der Waals surface area contributed by atoms with Crippen LogP contribution in [0, 0.1) is 13.8 Å². The van der Waals surface area contributed by atoms with Gasteiger partial charge >= 0.3 is 11.9 Å². The van der Waals surface area contributed by atoms with Crippen LogP contribution in [0.25, 0.3) is 23.3 Å². The van der Waals surface area contributed by atoms with Gasteiger partial charge in [-0.15, -0.1) is 0 Å². The highest BCUT2D eigenvalue weighted by molar-refractivity contribution is 5.88. The molecule has 2 aromatic rings. The van der Waals surface area contributed by atoms with Gasteiger partial charge in [-0.3, -0.25) is 0 Å². The Balaban J connectivity index is 2.19. The summed E-state index contributed by atoms with van der Waals surface area (Å²) in [4.78, 5) is 22.9. The van der Waals surface area contributed by atoms with Crippen molar-refractivity contribution in [2.75, 3.05) is 13.2 Å². The van der Waals surface area contributed by atoms with Crippen molar-refractivity contribution in [2.24, 2.45) is 0 Å². The number of hydrogen-bond donors (Lipinski definition) is 0. The van der Waals surface area contributed by atoms with E-state index in [4.69, 9.17) is 9.47 Å². The number of rotatable bonds is 7. The second kappa shape index (κ2) is 10.3. The van der Waals surface area contributed by atoms with Crippen LogP contribution < -0.4 is 0 Å². The zero-order valence-corrected chi connectivity index (χ0v) is 16.8. The Morgan fingerprint density at radius 1 is 0.750 bits per heavy atom. The summed E-state index contributed by atoms with van der Waals surface area (Å²) in [5.74, 6) is -0.680. The van der Waals surface area contributed by atoms with Gasteiger partial charge in [0.15, 0.2) is 0 Å². The molecule has 0 heterocycles. The van der Waals surface area contributed by atoms with Crippen molar-refractivity contribution in [1.29, 1.82) is 0 Å². The molecular weight excluding hydrogens is 352 g/mol. The number of esters is 2. The average molecular weight is 378 g/mol. The third kappa shape index (κ3) is 5.95. The van der Waals surface area contributed by atoms with Crippen LogP contribution in [0.5, 0.6) is 0 Å². The third-order valence-electron chi connectivity index (χ3n) is 4.24. The molecule has 0 fully saturated rings. The first-order valence-corrected chi connectivity index (χ1v) is 9.36. The molecule has 0 aliphatic carbocycles. The zero-order valence-electron chi connectivity index (χ0n) is 16.8. The summed E-state index contributed by atoms with van der Waals surface area (Å²) in [6, 6.07) is 12.2. The van der Waals surface area contributed by atoms with Gasteiger partial charge in [-0.05, 0) is 73.2 Å². The first-order valence-electron chi connectivity index (χ1n) is 9.36. The maximum absolute atomic E-state index is 11.5. The summed E-state index contributed by atoms with van der Waals surface area (Å²) in [6.45, 7) is 8.32. The van der Waals surface area contributed by atoms with E-state index in [1.165, 1.54) is 12.2 Å². The lowest BCUT2D eigenvalue weighted by Crippen LogP contribution is -1.99. The number of carbonyl (C=O) groups excluding carboxylic acids is 2. The number of ether oxygens (including phenoxy) is 2. The molecule has 4 nitrogen and oxygen atoms in total. The molecule has 2 rings (SSSR count). The third-order valence-corrected chi connectivity index (χ3v) is 4.24. The first-order chi connectivity index (χ1) is 13.4. The van der Waals surface area contributed by atoms with Gasteiger partial charge in [-0.25, -0.2) is 9.59 Å². The minimum Gasteiger partial charge on any atom is -0.463 e. The van der Waals surface area contributed by atoms with E-state index in [2.05, 4.69) is 12.1 Å². The van der Waals surface area contributed by atoms with E-state index in [-0.39, 0.29) is 11.9 Å². The highest BCUT2D eigenvalue weighted by atomic mass is 16.5. The second-order valence-corrected chi connectivity index (χ2v) is 6.31. The van der Waals surface area contributed by atoms with Crippen molar-refractivity contribution in [3.05, 3.63) is 70.8 Å². The Kier molecular flexibility index (Phi) is 7.76. The molecule has 0 bridgehead atoms. The van der Waals surface area contributed by atoms with Gasteiger partial charge in [-0.2, -0.15) is 0 Å². The van der Waals surface area contributed by atoms with E-state index in [9.17, 15) is 9.59 Å². The normalized spacial score (nSPS) is 11.1. The summed E-state index contributed by atoms with van der Waals surface area (Å²) in [5.41, 5.74) is 6.28. The lowest BCUT2D eigenvalue weighted by molar-refractivity contribution is -0.138. The number of hydrogen-bond acceptors (Lipinski definition) is 4. The largest absolute Gasteiger partial charge is 0.463 e. The van der Waals surface area contributed by atoms with Crippen LogP contribution >= 0.6 is 0 Å². The fourth-order valence-electron chi connectivity index (χ4n) is 2.78. The van der Waals surface area contributed by atoms with E-state index in [1.807, 2.05) is 38.1 Å². The van der Waals surface area contributed by atoms with Crippen LogP contribution in [0.15, 0.2) is 48.6 Å². The van der Waals surface area contributed by atoms with Crippen molar-refractivity contribution in [2.45, 2.75) is 27.7 Å². The second-order valence-electron chi connectivity index (χ2n) is 6.31. The molecule has 28 heavy (non-hydrogen) atoms. The summed E-state index contributed by atoms with van der Waals surface area (Å²) >= 11 is 0. The number of benzene rings is 2. The van der Waals surface area contributed by atoms with E-state index in [0.29, 0.717) is 13.2 Å². The molecule has 0 atom stereocenters. The minimum atomic E-state index is -0.340. The number of aryl methyl sites for hydroxylation is 2. The first kappa shape index (κ1) is 21.2. The SMILES string of the molecule is CCOC(=O)/C=C/c1ccc(-c2ccc(/C=C/C(=O)OCC)c(C)c2)cc1C. The summed E-state index contributed by atoms with van der Waals surface area (Å²) < 4.78 is 9.82.